The van der Waals surface area contributed by atoms with Crippen molar-refractivity contribution < 1.29 is 19.4 Å². The van der Waals surface area contributed by atoms with Gasteiger partial charge in [-0.05, 0) is 38.5 Å². The van der Waals surface area contributed by atoms with Gasteiger partial charge in [0.15, 0.2) is 11.3 Å². The molecule has 1 aliphatic heterocycles. The number of rotatable bonds is 3. The highest BCUT2D eigenvalue weighted by atomic mass is 16.5. The predicted molar refractivity (Wildman–Crippen MR) is 114 cm³/mol. The Morgan fingerprint density at radius 3 is 2.77 bits per heavy atom. The maximum absolute atomic E-state index is 12.1. The molecule has 0 spiro atoms. The van der Waals surface area contributed by atoms with E-state index < -0.39 is 12.1 Å². The smallest absolute Gasteiger partial charge is 0.359 e. The molecule has 0 radical (unpaired) electrons. The number of aryl methyl sites for hydroxylation is 1. The summed E-state index contributed by atoms with van der Waals surface area (Å²) in [6.07, 6.45) is 6.90. The molecule has 160 valence electrons. The number of amides is 1. The van der Waals surface area contributed by atoms with Gasteiger partial charge in [0.05, 0.1) is 17.7 Å². The van der Waals surface area contributed by atoms with Crippen molar-refractivity contribution in [3.63, 3.8) is 0 Å². The number of nitrogens with zero attached hydrogens (tertiary/aromatic N) is 5. The minimum absolute atomic E-state index is 0.148. The first-order valence-electron chi connectivity index (χ1n) is 9.75. The number of terminal acetylenes is 1. The van der Waals surface area contributed by atoms with Crippen LogP contribution in [0, 0.1) is 19.3 Å². The number of hydrogen-bond donors (Lipinski definition) is 1. The SMILES string of the molecule is C#Cc1cccc(-n2nc(C(=O)OCC)c3cnc(C)nc32)c1.CN1CCC(O)C1=O. The van der Waals surface area contributed by atoms with Crippen molar-refractivity contribution in [3.8, 4) is 18.0 Å². The number of carbonyl (C=O) groups is 2. The van der Waals surface area contributed by atoms with Gasteiger partial charge in [-0.1, -0.05) is 12.0 Å². The highest BCUT2D eigenvalue weighted by Gasteiger charge is 2.26. The molecule has 1 unspecified atom stereocenters. The van der Waals surface area contributed by atoms with E-state index in [0.717, 1.165) is 11.3 Å². The number of benzene rings is 1. The minimum atomic E-state index is -0.722. The van der Waals surface area contributed by atoms with Crippen molar-refractivity contribution >= 4 is 22.9 Å². The number of esters is 1. The fourth-order valence-corrected chi connectivity index (χ4v) is 3.05. The molecule has 9 heteroatoms. The first-order chi connectivity index (χ1) is 14.8. The fourth-order valence-electron chi connectivity index (χ4n) is 3.05. The monoisotopic (exact) mass is 421 g/mol. The van der Waals surface area contributed by atoms with Gasteiger partial charge in [-0.25, -0.2) is 19.4 Å². The summed E-state index contributed by atoms with van der Waals surface area (Å²) in [5, 5.41) is 13.7. The van der Waals surface area contributed by atoms with E-state index >= 15 is 0 Å². The van der Waals surface area contributed by atoms with Crippen molar-refractivity contribution in [2.24, 2.45) is 0 Å². The number of fused-ring (bicyclic) bond motifs is 1. The van der Waals surface area contributed by atoms with Gasteiger partial charge in [-0.2, -0.15) is 5.10 Å². The second-order valence-electron chi connectivity index (χ2n) is 6.89. The molecular weight excluding hydrogens is 398 g/mol. The number of aliphatic hydroxyl groups is 1. The molecule has 9 nitrogen and oxygen atoms in total. The number of aliphatic hydroxyl groups excluding tert-OH is 1. The van der Waals surface area contributed by atoms with Crippen molar-refractivity contribution in [2.75, 3.05) is 20.2 Å². The second-order valence-corrected chi connectivity index (χ2v) is 6.89. The molecule has 4 rings (SSSR count). The summed E-state index contributed by atoms with van der Waals surface area (Å²) in [6.45, 7) is 4.49. The zero-order valence-corrected chi connectivity index (χ0v) is 17.6. The fraction of sp³-hybridized carbons (Fsp3) is 0.318. The van der Waals surface area contributed by atoms with Crippen LogP contribution in [0.4, 0.5) is 0 Å². The molecule has 1 aromatic carbocycles. The Hall–Kier alpha value is -3.77. The molecule has 0 bridgehead atoms. The molecule has 1 amide bonds. The third-order valence-electron chi connectivity index (χ3n) is 4.67. The van der Waals surface area contributed by atoms with Gasteiger partial charge in [0.25, 0.3) is 5.91 Å². The molecule has 1 atom stereocenters. The number of likely N-dealkylation sites (N-methyl/N-ethyl adjacent to an activating group) is 1. The van der Waals surface area contributed by atoms with E-state index in [9.17, 15) is 9.59 Å². The summed E-state index contributed by atoms with van der Waals surface area (Å²) >= 11 is 0. The van der Waals surface area contributed by atoms with Crippen LogP contribution < -0.4 is 0 Å². The number of hydrogen-bond acceptors (Lipinski definition) is 7. The molecule has 31 heavy (non-hydrogen) atoms. The van der Waals surface area contributed by atoms with Crippen molar-refractivity contribution in [3.05, 3.63) is 47.5 Å². The summed E-state index contributed by atoms with van der Waals surface area (Å²) in [4.78, 5) is 32.8. The Bertz CT molecular complexity index is 1150. The van der Waals surface area contributed by atoms with Gasteiger partial charge in [0.1, 0.15) is 11.9 Å². The summed E-state index contributed by atoms with van der Waals surface area (Å²) in [5.41, 5.74) is 2.16. The predicted octanol–water partition coefficient (Wildman–Crippen LogP) is 1.49. The Labute approximate surface area is 179 Å². The van der Waals surface area contributed by atoms with Gasteiger partial charge >= 0.3 is 5.97 Å². The summed E-state index contributed by atoms with van der Waals surface area (Å²) in [6, 6.07) is 7.30. The lowest BCUT2D eigenvalue weighted by Crippen LogP contribution is -2.24. The van der Waals surface area contributed by atoms with Crippen LogP contribution in [0.15, 0.2) is 30.5 Å². The molecule has 2 aromatic heterocycles. The van der Waals surface area contributed by atoms with Crippen LogP contribution in [0.5, 0.6) is 0 Å². The standard InChI is InChI=1S/C17H14N4O2.C5H9NO2/c1-4-12-7-6-8-13(9-12)21-16-14(10-18-11(3)19-16)15(20-21)17(22)23-5-2;1-6-3-2-4(7)5(6)8/h1,6-10H,5H2,2-3H3;4,7H,2-3H2,1H3. The average molecular weight is 421 g/mol. The topological polar surface area (TPSA) is 110 Å². The third-order valence-corrected chi connectivity index (χ3v) is 4.67. The first-order valence-corrected chi connectivity index (χ1v) is 9.75. The molecule has 3 heterocycles. The third kappa shape index (κ3) is 4.70. The second kappa shape index (κ2) is 9.36. The van der Waals surface area contributed by atoms with E-state index in [1.165, 1.54) is 4.90 Å². The Kier molecular flexibility index (Phi) is 6.62. The summed E-state index contributed by atoms with van der Waals surface area (Å²) in [7, 11) is 1.69. The zero-order valence-electron chi connectivity index (χ0n) is 17.6. The van der Waals surface area contributed by atoms with Crippen LogP contribution >= 0.6 is 0 Å². The Morgan fingerprint density at radius 2 is 2.19 bits per heavy atom. The van der Waals surface area contributed by atoms with E-state index in [1.807, 2.05) is 18.2 Å². The average Bonchev–Trinajstić information content (AvgIpc) is 3.29. The van der Waals surface area contributed by atoms with E-state index in [4.69, 9.17) is 16.3 Å². The number of carbonyl (C=O) groups excluding carboxylic acids is 2. The maximum atomic E-state index is 12.1. The van der Waals surface area contributed by atoms with E-state index in [0.29, 0.717) is 29.8 Å². The minimum Gasteiger partial charge on any atom is -0.461 e. The molecule has 1 N–H and O–H groups in total. The van der Waals surface area contributed by atoms with Gasteiger partial charge < -0.3 is 14.7 Å². The first kappa shape index (κ1) is 21.9. The molecule has 1 aliphatic rings. The highest BCUT2D eigenvalue weighted by Crippen LogP contribution is 2.21. The molecular formula is C22H23N5O4. The van der Waals surface area contributed by atoms with Crippen molar-refractivity contribution in [1.29, 1.82) is 0 Å². The molecule has 1 saturated heterocycles. The molecule has 0 aliphatic carbocycles. The summed E-state index contributed by atoms with van der Waals surface area (Å²) in [5.74, 6) is 2.52. The number of likely N-dealkylation sites (tertiary alicyclic amines) is 1. The number of ether oxygens (including phenoxy) is 1. The van der Waals surface area contributed by atoms with E-state index in [-0.39, 0.29) is 18.2 Å². The van der Waals surface area contributed by atoms with Gasteiger partial charge in [0, 0.05) is 25.4 Å². The van der Waals surface area contributed by atoms with Crippen LogP contribution in [0.25, 0.3) is 16.7 Å². The maximum Gasteiger partial charge on any atom is 0.359 e. The largest absolute Gasteiger partial charge is 0.461 e. The van der Waals surface area contributed by atoms with Crippen molar-refractivity contribution in [1.82, 2.24) is 24.6 Å². The lowest BCUT2D eigenvalue weighted by Gasteiger charge is -2.04. The van der Waals surface area contributed by atoms with Crippen LogP contribution in [-0.2, 0) is 9.53 Å². The lowest BCUT2D eigenvalue weighted by molar-refractivity contribution is -0.133. The highest BCUT2D eigenvalue weighted by molar-refractivity contribution is 6.01. The Balaban J connectivity index is 0.000000287. The van der Waals surface area contributed by atoms with Crippen LogP contribution in [0.1, 0.15) is 35.2 Å². The quantitative estimate of drug-likeness (QED) is 0.504. The van der Waals surface area contributed by atoms with Crippen LogP contribution in [0.2, 0.25) is 0 Å². The molecule has 0 saturated carbocycles. The van der Waals surface area contributed by atoms with E-state index in [1.54, 1.807) is 37.8 Å². The van der Waals surface area contributed by atoms with Gasteiger partial charge in [-0.3, -0.25) is 4.79 Å². The molecule has 3 aromatic rings. The summed E-state index contributed by atoms with van der Waals surface area (Å²) < 4.78 is 6.64. The Morgan fingerprint density at radius 1 is 1.42 bits per heavy atom. The number of aromatic nitrogens is 4. The van der Waals surface area contributed by atoms with Crippen LogP contribution in [0.3, 0.4) is 0 Å². The zero-order chi connectivity index (χ0) is 22.5. The van der Waals surface area contributed by atoms with Gasteiger partial charge in [0.2, 0.25) is 0 Å². The van der Waals surface area contributed by atoms with Crippen molar-refractivity contribution in [2.45, 2.75) is 26.4 Å². The van der Waals surface area contributed by atoms with Gasteiger partial charge in [-0.15, -0.1) is 6.42 Å². The van der Waals surface area contributed by atoms with Crippen LogP contribution in [-0.4, -0.2) is 67.9 Å². The lowest BCUT2D eigenvalue weighted by atomic mass is 10.2. The molecule has 1 fully saturated rings. The normalized spacial score (nSPS) is 15.4. The van der Waals surface area contributed by atoms with E-state index in [2.05, 4.69) is 21.0 Å².